The normalized spacial score (nSPS) is 12.9. The summed E-state index contributed by atoms with van der Waals surface area (Å²) in [5, 5.41) is 22.5. The third-order valence-corrected chi connectivity index (χ3v) is 5.03. The van der Waals surface area contributed by atoms with E-state index in [1.165, 1.54) is 36.4 Å². The number of nitrogens with zero attached hydrogens (tertiary/aromatic N) is 2. The molecule has 0 aliphatic carbocycles. The van der Waals surface area contributed by atoms with Crippen LogP contribution in [0, 0.1) is 32.1 Å². The lowest BCUT2D eigenvalue weighted by atomic mass is 10.1. The Kier molecular flexibility index (Phi) is 10.3. The van der Waals surface area contributed by atoms with Gasteiger partial charge < -0.3 is 18.9 Å². The van der Waals surface area contributed by atoms with Crippen LogP contribution in [-0.2, 0) is 9.47 Å². The van der Waals surface area contributed by atoms with E-state index in [2.05, 4.69) is 0 Å². The fourth-order valence-corrected chi connectivity index (χ4v) is 3.17. The zero-order valence-electron chi connectivity index (χ0n) is 21.3. The highest BCUT2D eigenvalue weighted by Crippen LogP contribution is 2.34. The lowest BCUT2D eigenvalue weighted by Gasteiger charge is -2.19. The van der Waals surface area contributed by atoms with Gasteiger partial charge >= 0.3 is 6.16 Å². The van der Waals surface area contributed by atoms with Crippen molar-refractivity contribution >= 4 is 17.5 Å². The molecule has 2 unspecified atom stereocenters. The van der Waals surface area contributed by atoms with Gasteiger partial charge in [0.1, 0.15) is 11.5 Å². The largest absolute Gasteiger partial charge is 0.519 e. The molecule has 0 radical (unpaired) electrons. The first-order valence-electron chi connectivity index (χ1n) is 11.6. The number of rotatable bonds is 12. The van der Waals surface area contributed by atoms with Gasteiger partial charge in [0, 0.05) is 48.6 Å². The Morgan fingerprint density at radius 2 is 1.08 bits per heavy atom. The zero-order chi connectivity index (χ0) is 27.0. The van der Waals surface area contributed by atoms with Crippen LogP contribution in [0.25, 0.3) is 0 Å². The second-order valence-electron chi connectivity index (χ2n) is 9.15. The maximum atomic E-state index is 12.7. The number of hydrogen-bond acceptors (Lipinski definition) is 9. The van der Waals surface area contributed by atoms with E-state index in [1.54, 1.807) is 13.8 Å². The quantitative estimate of drug-likeness (QED) is 0.136. The van der Waals surface area contributed by atoms with Gasteiger partial charge in [-0.1, -0.05) is 27.7 Å². The van der Waals surface area contributed by atoms with E-state index in [0.29, 0.717) is 24.3 Å². The molecule has 0 heterocycles. The number of nitro groups is 2. The molecule has 2 aromatic carbocycles. The summed E-state index contributed by atoms with van der Waals surface area (Å²) in [7, 11) is 0. The molecule has 0 aromatic heterocycles. The van der Waals surface area contributed by atoms with Crippen LogP contribution >= 0.6 is 0 Å². The zero-order valence-corrected chi connectivity index (χ0v) is 21.3. The fraction of sp³-hybridized carbons (Fsp3) is 0.480. The van der Waals surface area contributed by atoms with Gasteiger partial charge in [-0.15, -0.1) is 0 Å². The van der Waals surface area contributed by atoms with E-state index in [-0.39, 0.29) is 34.7 Å². The summed E-state index contributed by atoms with van der Waals surface area (Å²) in [5.74, 6) is 0.519. The molecule has 36 heavy (non-hydrogen) atoms. The first kappa shape index (κ1) is 28.7. The van der Waals surface area contributed by atoms with Gasteiger partial charge in [0.25, 0.3) is 11.4 Å². The Bertz CT molecular complexity index is 1000. The second kappa shape index (κ2) is 12.9. The molecule has 11 nitrogen and oxygen atoms in total. The average Bonchev–Trinajstić information content (AvgIpc) is 2.81. The molecule has 0 aliphatic rings. The van der Waals surface area contributed by atoms with E-state index in [0.717, 1.165) is 0 Å². The van der Waals surface area contributed by atoms with Crippen molar-refractivity contribution in [2.75, 3.05) is 13.2 Å². The monoisotopic (exact) mass is 504 g/mol. The van der Waals surface area contributed by atoms with E-state index in [9.17, 15) is 25.0 Å². The van der Waals surface area contributed by atoms with Crippen LogP contribution in [-0.4, -0.2) is 29.2 Å². The van der Waals surface area contributed by atoms with Crippen LogP contribution < -0.4 is 9.47 Å². The van der Waals surface area contributed by atoms with E-state index < -0.39 is 28.2 Å². The van der Waals surface area contributed by atoms with Crippen molar-refractivity contribution in [1.29, 1.82) is 0 Å². The Balaban J connectivity index is 2.31. The number of nitro benzene ring substituents is 2. The summed E-state index contributed by atoms with van der Waals surface area (Å²) in [5.41, 5.74) is 0.248. The molecular formula is C25H32N2O9. The molecule has 0 spiro atoms. The van der Waals surface area contributed by atoms with Gasteiger partial charge in [-0.25, -0.2) is 4.79 Å². The molecule has 2 atom stereocenters. The number of non-ortho nitro benzene ring substituents is 2. The lowest BCUT2D eigenvalue weighted by Crippen LogP contribution is -2.18. The smallest absolute Gasteiger partial charge is 0.394 e. The molecule has 2 aromatic rings. The van der Waals surface area contributed by atoms with Crippen molar-refractivity contribution in [2.24, 2.45) is 11.8 Å². The molecule has 11 heteroatoms. The van der Waals surface area contributed by atoms with Gasteiger partial charge in [0.15, 0.2) is 0 Å². The van der Waals surface area contributed by atoms with Crippen LogP contribution in [0.2, 0.25) is 0 Å². The second-order valence-corrected chi connectivity index (χ2v) is 9.15. The minimum absolute atomic E-state index is 0.0365. The molecule has 196 valence electrons. The Labute approximate surface area is 209 Å². The highest BCUT2D eigenvalue weighted by Gasteiger charge is 2.23. The number of benzene rings is 2. The summed E-state index contributed by atoms with van der Waals surface area (Å²) in [6, 6.07) is 7.59. The van der Waals surface area contributed by atoms with Crippen LogP contribution in [0.1, 0.15) is 64.9 Å². The average molecular weight is 505 g/mol. The number of carbonyl (C=O) groups excluding carboxylic acids is 1. The van der Waals surface area contributed by atoms with Gasteiger partial charge in [0.2, 0.25) is 0 Å². The Morgan fingerprint density at radius 1 is 0.722 bits per heavy atom. The first-order chi connectivity index (χ1) is 16.9. The van der Waals surface area contributed by atoms with Crippen molar-refractivity contribution < 1.29 is 33.6 Å². The summed E-state index contributed by atoms with van der Waals surface area (Å²) in [6.07, 6.45) is -2.32. The predicted molar refractivity (Wildman–Crippen MR) is 131 cm³/mol. The van der Waals surface area contributed by atoms with Crippen molar-refractivity contribution in [3.05, 3.63) is 67.8 Å². The van der Waals surface area contributed by atoms with Gasteiger partial charge in [-0.3, -0.25) is 20.2 Å². The maximum absolute atomic E-state index is 12.7. The predicted octanol–water partition coefficient (Wildman–Crippen LogP) is 6.55. The summed E-state index contributed by atoms with van der Waals surface area (Å²) in [4.78, 5) is 34.1. The van der Waals surface area contributed by atoms with Gasteiger partial charge in [-0.05, 0) is 37.8 Å². The van der Waals surface area contributed by atoms with Crippen LogP contribution in [0.4, 0.5) is 16.2 Å². The number of hydrogen-bond donors (Lipinski definition) is 0. The standard InChI is InChI=1S/C25H32N2O9/c1-15(2)13-33-17(5)21-11-19(26(29)30)7-9-23(21)35-25(28)36-24-10-8-20(27(31)32)12-22(24)18(6)34-14-16(3)4/h7-12,15-18H,13-14H2,1-6H3. The third kappa shape index (κ3) is 8.28. The highest BCUT2D eigenvalue weighted by atomic mass is 16.7. The molecule has 0 aliphatic heterocycles. The van der Waals surface area contributed by atoms with Crippen molar-refractivity contribution in [1.82, 2.24) is 0 Å². The fourth-order valence-electron chi connectivity index (χ4n) is 3.17. The minimum atomic E-state index is -1.12. The summed E-state index contributed by atoms with van der Waals surface area (Å²) >= 11 is 0. The Hall–Kier alpha value is -3.57. The van der Waals surface area contributed by atoms with Crippen molar-refractivity contribution in [3.63, 3.8) is 0 Å². The molecule has 0 N–H and O–H groups in total. The molecule has 0 bridgehead atoms. The van der Waals surface area contributed by atoms with Crippen molar-refractivity contribution in [2.45, 2.75) is 53.8 Å². The first-order valence-corrected chi connectivity index (χ1v) is 11.6. The minimum Gasteiger partial charge on any atom is -0.394 e. The number of carbonyl (C=O) groups is 1. The van der Waals surface area contributed by atoms with Gasteiger partial charge in [0.05, 0.1) is 22.1 Å². The lowest BCUT2D eigenvalue weighted by molar-refractivity contribution is -0.385. The van der Waals surface area contributed by atoms with Gasteiger partial charge in [-0.2, -0.15) is 0 Å². The summed E-state index contributed by atoms with van der Waals surface area (Å²) in [6.45, 7) is 12.0. The third-order valence-electron chi connectivity index (χ3n) is 5.03. The van der Waals surface area contributed by atoms with E-state index >= 15 is 0 Å². The molecule has 2 rings (SSSR count). The van der Waals surface area contributed by atoms with Crippen LogP contribution in [0.5, 0.6) is 11.5 Å². The van der Waals surface area contributed by atoms with E-state index in [4.69, 9.17) is 18.9 Å². The molecule has 0 saturated heterocycles. The molecule has 0 fully saturated rings. The maximum Gasteiger partial charge on any atom is 0.519 e. The van der Waals surface area contributed by atoms with Crippen LogP contribution in [0.3, 0.4) is 0 Å². The SMILES string of the molecule is CC(C)COC(C)c1cc([N+](=O)[O-])ccc1OC(=O)Oc1ccc([N+](=O)[O-])cc1C(C)OCC(C)C. The summed E-state index contributed by atoms with van der Waals surface area (Å²) < 4.78 is 22.3. The Morgan fingerprint density at radius 3 is 1.39 bits per heavy atom. The topological polar surface area (TPSA) is 140 Å². The molecular weight excluding hydrogens is 472 g/mol. The van der Waals surface area contributed by atoms with Crippen LogP contribution in [0.15, 0.2) is 36.4 Å². The van der Waals surface area contributed by atoms with Crippen molar-refractivity contribution in [3.8, 4) is 11.5 Å². The molecule has 0 amide bonds. The number of ether oxygens (including phenoxy) is 4. The van der Waals surface area contributed by atoms with E-state index in [1.807, 2.05) is 27.7 Å². The molecule has 0 saturated carbocycles. The highest BCUT2D eigenvalue weighted by molar-refractivity contribution is 5.69.